The number of rotatable bonds is 5. The predicted molar refractivity (Wildman–Crippen MR) is 110 cm³/mol. The summed E-state index contributed by atoms with van der Waals surface area (Å²) in [5.74, 6) is 0.990. The Morgan fingerprint density at radius 1 is 1.42 bits per heavy atom. The van der Waals surface area contributed by atoms with Crippen molar-refractivity contribution in [3.05, 3.63) is 52.9 Å². The number of nitrogens with zero attached hydrogens (tertiary/aromatic N) is 4. The van der Waals surface area contributed by atoms with Crippen molar-refractivity contribution < 1.29 is 18.1 Å². The lowest BCUT2D eigenvalue weighted by Gasteiger charge is -2.30. The molecule has 1 amide bonds. The smallest absolute Gasteiger partial charge is 0.240 e. The first-order chi connectivity index (χ1) is 14.9. The molecule has 1 aliphatic heterocycles. The van der Waals surface area contributed by atoms with Crippen LogP contribution in [0.25, 0.3) is 11.4 Å². The zero-order valence-corrected chi connectivity index (χ0v) is 17.3. The van der Waals surface area contributed by atoms with E-state index in [1.165, 1.54) is 12.1 Å². The van der Waals surface area contributed by atoms with Gasteiger partial charge in [-0.15, -0.1) is 0 Å². The van der Waals surface area contributed by atoms with Crippen molar-refractivity contribution in [1.29, 1.82) is 5.26 Å². The lowest BCUT2D eigenvalue weighted by molar-refractivity contribution is -0.117. The van der Waals surface area contributed by atoms with E-state index in [9.17, 15) is 14.4 Å². The monoisotopic (exact) mass is 423 g/mol. The standard InChI is InChI=1S/C22H22FN5O3/c1-13-14(2)30-22(18(13)10-24)25-19(29)12-28-8-4-6-16(11-28)21-26-20(27-31-21)15-5-3-7-17(23)9-15/h3,5,7,9,16H,4,6,8,11-12H2,1-2H3,(H,25,29). The lowest BCUT2D eigenvalue weighted by Crippen LogP contribution is -2.39. The van der Waals surface area contributed by atoms with Crippen LogP contribution >= 0.6 is 0 Å². The minimum Gasteiger partial charge on any atom is -0.444 e. The largest absolute Gasteiger partial charge is 0.444 e. The normalized spacial score (nSPS) is 16.8. The van der Waals surface area contributed by atoms with Crippen molar-refractivity contribution in [2.75, 3.05) is 25.0 Å². The molecule has 160 valence electrons. The number of aryl methyl sites for hydroxylation is 1. The minimum absolute atomic E-state index is 0.0147. The molecule has 1 fully saturated rings. The maximum absolute atomic E-state index is 13.5. The Bertz CT molecular complexity index is 1150. The van der Waals surface area contributed by atoms with E-state index in [2.05, 4.69) is 21.5 Å². The summed E-state index contributed by atoms with van der Waals surface area (Å²) in [5.41, 5.74) is 1.62. The van der Waals surface area contributed by atoms with Crippen molar-refractivity contribution in [3.8, 4) is 17.5 Å². The van der Waals surface area contributed by atoms with Crippen LogP contribution in [0, 0.1) is 31.0 Å². The maximum Gasteiger partial charge on any atom is 0.240 e. The Kier molecular flexibility index (Phi) is 5.82. The van der Waals surface area contributed by atoms with Crippen LogP contribution in [0.5, 0.6) is 0 Å². The molecule has 0 bridgehead atoms. The summed E-state index contributed by atoms with van der Waals surface area (Å²) in [6, 6.07) is 8.11. The highest BCUT2D eigenvalue weighted by atomic mass is 19.1. The first-order valence-electron chi connectivity index (χ1n) is 10.1. The molecule has 1 aliphatic rings. The summed E-state index contributed by atoms with van der Waals surface area (Å²) in [4.78, 5) is 19.0. The molecule has 1 saturated heterocycles. The molecule has 4 rings (SSSR count). The average molecular weight is 423 g/mol. The van der Waals surface area contributed by atoms with Crippen molar-refractivity contribution >= 4 is 11.8 Å². The fourth-order valence-corrected chi connectivity index (χ4v) is 3.77. The number of carbonyl (C=O) groups excluding carboxylic acids is 1. The number of anilines is 1. The summed E-state index contributed by atoms with van der Waals surface area (Å²) in [7, 11) is 0. The summed E-state index contributed by atoms with van der Waals surface area (Å²) < 4.78 is 24.4. The minimum atomic E-state index is -0.361. The molecule has 0 radical (unpaired) electrons. The molecule has 31 heavy (non-hydrogen) atoms. The van der Waals surface area contributed by atoms with Gasteiger partial charge in [0.15, 0.2) is 0 Å². The highest BCUT2D eigenvalue weighted by Crippen LogP contribution is 2.28. The van der Waals surface area contributed by atoms with Gasteiger partial charge in [0.1, 0.15) is 23.2 Å². The van der Waals surface area contributed by atoms with Crippen LogP contribution in [0.3, 0.4) is 0 Å². The molecule has 3 heterocycles. The van der Waals surface area contributed by atoms with E-state index >= 15 is 0 Å². The van der Waals surface area contributed by atoms with Gasteiger partial charge in [0.05, 0.1) is 12.5 Å². The van der Waals surface area contributed by atoms with Gasteiger partial charge < -0.3 is 8.94 Å². The molecular weight excluding hydrogens is 401 g/mol. The third kappa shape index (κ3) is 4.49. The van der Waals surface area contributed by atoms with Crippen LogP contribution in [0.2, 0.25) is 0 Å². The number of carbonyl (C=O) groups is 1. The lowest BCUT2D eigenvalue weighted by atomic mass is 9.98. The second-order valence-corrected chi connectivity index (χ2v) is 7.69. The number of aromatic nitrogens is 2. The van der Waals surface area contributed by atoms with Crippen LogP contribution < -0.4 is 5.32 Å². The molecule has 1 aromatic carbocycles. The number of likely N-dealkylation sites (tertiary alicyclic amines) is 1. The van der Waals surface area contributed by atoms with Crippen LogP contribution in [0.15, 0.2) is 33.2 Å². The van der Waals surface area contributed by atoms with Gasteiger partial charge in [-0.25, -0.2) is 4.39 Å². The van der Waals surface area contributed by atoms with Crippen LogP contribution in [0.1, 0.15) is 41.5 Å². The Morgan fingerprint density at radius 2 is 2.26 bits per heavy atom. The number of benzene rings is 1. The number of piperidine rings is 1. The molecule has 9 heteroatoms. The van der Waals surface area contributed by atoms with Crippen LogP contribution in [-0.2, 0) is 4.79 Å². The second kappa shape index (κ2) is 8.70. The van der Waals surface area contributed by atoms with Gasteiger partial charge in [0.25, 0.3) is 0 Å². The van der Waals surface area contributed by atoms with E-state index in [1.807, 2.05) is 4.90 Å². The first kappa shape index (κ1) is 20.8. The average Bonchev–Trinajstić information content (AvgIpc) is 3.33. The summed E-state index contributed by atoms with van der Waals surface area (Å²) in [6.07, 6.45) is 1.73. The number of nitriles is 1. The highest BCUT2D eigenvalue weighted by molar-refractivity contribution is 5.92. The van der Waals surface area contributed by atoms with Crippen molar-refractivity contribution in [1.82, 2.24) is 15.0 Å². The first-order valence-corrected chi connectivity index (χ1v) is 10.1. The number of hydrogen-bond donors (Lipinski definition) is 1. The van der Waals surface area contributed by atoms with E-state index in [4.69, 9.17) is 8.94 Å². The Balaban J connectivity index is 1.40. The van der Waals surface area contributed by atoms with E-state index in [0.717, 1.165) is 24.9 Å². The molecular formula is C22H22FN5O3. The number of nitrogens with one attached hydrogen (secondary N) is 1. The molecule has 0 aliphatic carbocycles. The van der Waals surface area contributed by atoms with Gasteiger partial charge in [0, 0.05) is 17.7 Å². The Hall–Kier alpha value is -3.51. The van der Waals surface area contributed by atoms with Crippen molar-refractivity contribution in [2.24, 2.45) is 0 Å². The van der Waals surface area contributed by atoms with Gasteiger partial charge >= 0.3 is 0 Å². The van der Waals surface area contributed by atoms with Crippen LogP contribution in [0.4, 0.5) is 10.3 Å². The molecule has 3 aromatic rings. The van der Waals surface area contributed by atoms with E-state index in [0.29, 0.717) is 35.1 Å². The molecule has 0 spiro atoms. The fourth-order valence-electron chi connectivity index (χ4n) is 3.77. The number of halogens is 1. The van der Waals surface area contributed by atoms with Crippen LogP contribution in [-0.4, -0.2) is 40.6 Å². The molecule has 1 N–H and O–H groups in total. The molecule has 2 aromatic heterocycles. The van der Waals surface area contributed by atoms with Gasteiger partial charge in [-0.1, -0.05) is 17.3 Å². The fraction of sp³-hybridized carbons (Fsp3) is 0.364. The summed E-state index contributed by atoms with van der Waals surface area (Å²) in [5, 5.41) is 16.0. The highest BCUT2D eigenvalue weighted by Gasteiger charge is 2.28. The van der Waals surface area contributed by atoms with E-state index in [-0.39, 0.29) is 30.1 Å². The molecule has 1 unspecified atom stereocenters. The van der Waals surface area contributed by atoms with Gasteiger partial charge in [-0.2, -0.15) is 10.2 Å². The quantitative estimate of drug-likeness (QED) is 0.665. The zero-order chi connectivity index (χ0) is 22.0. The number of amides is 1. The van der Waals surface area contributed by atoms with Gasteiger partial charge in [-0.05, 0) is 45.4 Å². The second-order valence-electron chi connectivity index (χ2n) is 7.69. The summed E-state index contributed by atoms with van der Waals surface area (Å²) in [6.45, 7) is 5.04. The topological polar surface area (TPSA) is 108 Å². The number of furan rings is 1. The van der Waals surface area contributed by atoms with Gasteiger partial charge in [-0.3, -0.25) is 15.0 Å². The summed E-state index contributed by atoms with van der Waals surface area (Å²) >= 11 is 0. The van der Waals surface area contributed by atoms with Gasteiger partial charge in [0.2, 0.25) is 23.5 Å². The Morgan fingerprint density at radius 3 is 3.03 bits per heavy atom. The van der Waals surface area contributed by atoms with Crippen molar-refractivity contribution in [2.45, 2.75) is 32.6 Å². The van der Waals surface area contributed by atoms with E-state index < -0.39 is 0 Å². The maximum atomic E-state index is 13.5. The SMILES string of the molecule is Cc1oc(NC(=O)CN2CCCC(c3nc(-c4cccc(F)c4)no3)C2)c(C#N)c1C. The molecule has 0 saturated carbocycles. The molecule has 1 atom stereocenters. The molecule has 8 nitrogen and oxygen atoms in total. The third-order valence-corrected chi connectivity index (χ3v) is 5.50. The van der Waals surface area contributed by atoms with E-state index in [1.54, 1.807) is 26.0 Å². The number of hydrogen-bond acceptors (Lipinski definition) is 7. The Labute approximate surface area is 178 Å². The predicted octanol–water partition coefficient (Wildman–Crippen LogP) is 3.78. The third-order valence-electron chi connectivity index (χ3n) is 5.50. The van der Waals surface area contributed by atoms with Crippen molar-refractivity contribution in [3.63, 3.8) is 0 Å². The zero-order valence-electron chi connectivity index (χ0n) is 17.3.